The number of fused-ring (bicyclic) bond motifs is 7. The molecule has 0 aliphatic carbocycles. The monoisotopic (exact) mass is 561 g/mol. The standard InChI is InChI=1S/C26H22Cl2NO4.BrH/c27-20-3-1-15(7-21(20)28)11-29-6-5-17-9-24-25(32-13-31-24)10-18(17)22(29)8-16-2-4-23-26(19(16)12-29)33-14-30-23;/h1-4,7,9-10,22H,5-6,8,11-14H2;1H/q+1;/p-1. The molecular weight excluding hydrogens is 541 g/mol. The average molecular weight is 563 g/mol. The molecule has 4 heterocycles. The minimum atomic E-state index is 0. The quantitative estimate of drug-likeness (QED) is 0.450. The maximum absolute atomic E-state index is 6.40. The molecule has 7 rings (SSSR count). The zero-order valence-electron chi connectivity index (χ0n) is 18.3. The molecule has 2 unspecified atom stereocenters. The van der Waals surface area contributed by atoms with Crippen molar-refractivity contribution in [3.63, 3.8) is 0 Å². The van der Waals surface area contributed by atoms with Crippen LogP contribution in [0.2, 0.25) is 10.0 Å². The largest absolute Gasteiger partial charge is 1.00 e. The van der Waals surface area contributed by atoms with Crippen LogP contribution in [-0.4, -0.2) is 24.6 Å². The highest BCUT2D eigenvalue weighted by Crippen LogP contribution is 2.52. The van der Waals surface area contributed by atoms with Gasteiger partial charge in [0, 0.05) is 24.0 Å². The number of benzene rings is 3. The summed E-state index contributed by atoms with van der Waals surface area (Å²) in [5, 5.41) is 1.18. The van der Waals surface area contributed by atoms with E-state index in [1.54, 1.807) is 0 Å². The van der Waals surface area contributed by atoms with E-state index in [1.807, 2.05) is 18.2 Å². The van der Waals surface area contributed by atoms with E-state index in [1.165, 1.54) is 27.8 Å². The van der Waals surface area contributed by atoms with Crippen molar-refractivity contribution in [3.05, 3.63) is 80.3 Å². The minimum Gasteiger partial charge on any atom is -1.00 e. The average Bonchev–Trinajstić information content (AvgIpc) is 3.48. The Kier molecular flexibility index (Phi) is 5.41. The Hall–Kier alpha value is -2.12. The van der Waals surface area contributed by atoms with E-state index in [2.05, 4.69) is 24.3 Å². The van der Waals surface area contributed by atoms with Gasteiger partial charge in [0.15, 0.2) is 23.0 Å². The van der Waals surface area contributed by atoms with Crippen LogP contribution in [0.4, 0.5) is 0 Å². The lowest BCUT2D eigenvalue weighted by molar-refractivity contribution is -0.985. The zero-order chi connectivity index (χ0) is 22.2. The van der Waals surface area contributed by atoms with Gasteiger partial charge in [0.05, 0.1) is 22.2 Å². The first-order valence-corrected chi connectivity index (χ1v) is 12.0. The van der Waals surface area contributed by atoms with Crippen molar-refractivity contribution in [2.24, 2.45) is 0 Å². The van der Waals surface area contributed by atoms with E-state index in [0.717, 1.165) is 60.0 Å². The Morgan fingerprint density at radius 3 is 2.47 bits per heavy atom. The van der Waals surface area contributed by atoms with Gasteiger partial charge in [-0.1, -0.05) is 35.3 Å². The van der Waals surface area contributed by atoms with Gasteiger partial charge in [-0.15, -0.1) is 0 Å². The molecule has 4 aliphatic rings. The van der Waals surface area contributed by atoms with Gasteiger partial charge in [0.1, 0.15) is 19.1 Å². The fourth-order valence-corrected chi connectivity index (χ4v) is 6.34. The first-order valence-electron chi connectivity index (χ1n) is 11.2. The molecule has 4 aliphatic heterocycles. The van der Waals surface area contributed by atoms with Crippen molar-refractivity contribution >= 4 is 23.2 Å². The molecule has 5 nitrogen and oxygen atoms in total. The van der Waals surface area contributed by atoms with Crippen molar-refractivity contribution in [2.75, 3.05) is 20.1 Å². The molecule has 0 saturated carbocycles. The SMILES string of the molecule is Clc1ccc(C[N+]23CCc4cc5c(cc4C2Cc2ccc4c(c2C3)OCO4)OCO5)cc1Cl.[Br-]. The Bertz CT molecular complexity index is 1320. The molecular formula is C26H22BrCl2NO4. The van der Waals surface area contributed by atoms with E-state index in [9.17, 15) is 0 Å². The summed E-state index contributed by atoms with van der Waals surface area (Å²) in [5.74, 6) is 3.47. The van der Waals surface area contributed by atoms with Crippen molar-refractivity contribution < 1.29 is 40.4 Å². The lowest BCUT2D eigenvalue weighted by Crippen LogP contribution is -3.00. The first-order chi connectivity index (χ1) is 16.1. The van der Waals surface area contributed by atoms with Crippen molar-refractivity contribution in [3.8, 4) is 23.0 Å². The third kappa shape index (κ3) is 3.38. The van der Waals surface area contributed by atoms with Crippen LogP contribution < -0.4 is 35.9 Å². The summed E-state index contributed by atoms with van der Waals surface area (Å²) in [6.45, 7) is 3.33. The normalized spacial score (nSPS) is 22.9. The highest BCUT2D eigenvalue weighted by Gasteiger charge is 2.48. The van der Waals surface area contributed by atoms with E-state index >= 15 is 0 Å². The van der Waals surface area contributed by atoms with Crippen molar-refractivity contribution in [1.29, 1.82) is 0 Å². The van der Waals surface area contributed by atoms with Gasteiger partial charge < -0.3 is 40.4 Å². The van der Waals surface area contributed by atoms with Crippen molar-refractivity contribution in [1.82, 2.24) is 0 Å². The van der Waals surface area contributed by atoms with Gasteiger partial charge in [-0.25, -0.2) is 0 Å². The van der Waals surface area contributed by atoms with Gasteiger partial charge in [-0.2, -0.15) is 0 Å². The highest BCUT2D eigenvalue weighted by molar-refractivity contribution is 6.42. The van der Waals surface area contributed by atoms with Gasteiger partial charge >= 0.3 is 0 Å². The van der Waals surface area contributed by atoms with Crippen LogP contribution in [0.1, 0.15) is 33.9 Å². The molecule has 0 saturated heterocycles. The number of rotatable bonds is 2. The predicted molar refractivity (Wildman–Crippen MR) is 124 cm³/mol. The summed E-state index contributed by atoms with van der Waals surface area (Å²) in [4.78, 5) is 0. The summed E-state index contributed by atoms with van der Waals surface area (Å²) in [5.41, 5.74) is 6.50. The molecule has 2 atom stereocenters. The lowest BCUT2D eigenvalue weighted by atomic mass is 9.80. The number of hydrogen-bond donors (Lipinski definition) is 0. The summed E-state index contributed by atoms with van der Waals surface area (Å²) >= 11 is 12.6. The number of ether oxygens (including phenoxy) is 4. The van der Waals surface area contributed by atoms with Crippen LogP contribution in [-0.2, 0) is 25.9 Å². The molecule has 3 aromatic rings. The van der Waals surface area contributed by atoms with Gasteiger partial charge in [-0.3, -0.25) is 0 Å². The molecule has 3 aromatic carbocycles. The number of nitrogens with zero attached hydrogens (tertiary/aromatic N) is 1. The van der Waals surface area contributed by atoms with Crippen LogP contribution >= 0.6 is 23.2 Å². The van der Waals surface area contributed by atoms with Crippen LogP contribution in [0.25, 0.3) is 0 Å². The van der Waals surface area contributed by atoms with E-state index < -0.39 is 0 Å². The summed E-state index contributed by atoms with van der Waals surface area (Å²) in [7, 11) is 0. The van der Waals surface area contributed by atoms with Gasteiger partial charge in [-0.05, 0) is 41.5 Å². The molecule has 0 amide bonds. The van der Waals surface area contributed by atoms with Crippen LogP contribution in [0, 0.1) is 0 Å². The Morgan fingerprint density at radius 1 is 0.824 bits per heavy atom. The topological polar surface area (TPSA) is 36.9 Å². The Labute approximate surface area is 218 Å². The molecule has 176 valence electrons. The van der Waals surface area contributed by atoms with E-state index in [4.69, 9.17) is 42.1 Å². The summed E-state index contributed by atoms with van der Waals surface area (Å²) in [6, 6.07) is 14.9. The van der Waals surface area contributed by atoms with Crippen molar-refractivity contribution in [2.45, 2.75) is 32.0 Å². The number of halogens is 3. The maximum atomic E-state index is 6.40. The second-order valence-corrected chi connectivity index (χ2v) is 10.1. The molecule has 0 spiro atoms. The molecule has 0 radical (unpaired) electrons. The molecule has 34 heavy (non-hydrogen) atoms. The van der Waals surface area contributed by atoms with Gasteiger partial charge in [0.25, 0.3) is 0 Å². The number of hydrogen-bond acceptors (Lipinski definition) is 4. The fraction of sp³-hybridized carbons (Fsp3) is 0.308. The summed E-state index contributed by atoms with van der Waals surface area (Å²) in [6.07, 6.45) is 1.91. The third-order valence-corrected chi connectivity index (χ3v) is 8.33. The Morgan fingerprint density at radius 2 is 1.62 bits per heavy atom. The smallest absolute Gasteiger partial charge is 0.231 e. The number of quaternary nitrogens is 1. The molecule has 0 bridgehead atoms. The molecule has 0 fully saturated rings. The van der Waals surface area contributed by atoms with Crippen LogP contribution in [0.15, 0.2) is 42.5 Å². The molecule has 0 N–H and O–H groups in total. The van der Waals surface area contributed by atoms with Crippen LogP contribution in [0.5, 0.6) is 23.0 Å². The third-order valence-electron chi connectivity index (χ3n) is 7.59. The van der Waals surface area contributed by atoms with Crippen LogP contribution in [0.3, 0.4) is 0 Å². The maximum Gasteiger partial charge on any atom is 0.231 e. The molecule has 8 heteroatoms. The van der Waals surface area contributed by atoms with Gasteiger partial charge in [0.2, 0.25) is 13.6 Å². The second kappa shape index (κ2) is 8.23. The van der Waals surface area contributed by atoms with E-state index in [0.29, 0.717) is 22.9 Å². The second-order valence-electron chi connectivity index (χ2n) is 9.32. The lowest BCUT2D eigenvalue weighted by Gasteiger charge is -2.51. The first kappa shape index (κ1) is 22.4. The Balaban J connectivity index is 0.00000217. The predicted octanol–water partition coefficient (Wildman–Crippen LogP) is 2.83. The zero-order valence-corrected chi connectivity index (χ0v) is 21.4. The minimum absolute atomic E-state index is 0. The molecule has 0 aromatic heterocycles. The highest BCUT2D eigenvalue weighted by atomic mass is 79.9. The summed E-state index contributed by atoms with van der Waals surface area (Å²) < 4.78 is 23.9. The fourth-order valence-electron chi connectivity index (χ4n) is 6.02. The van der Waals surface area contributed by atoms with E-state index in [-0.39, 0.29) is 23.8 Å².